The van der Waals surface area contributed by atoms with Crippen molar-refractivity contribution in [2.75, 3.05) is 0 Å². The fraction of sp³-hybridized carbons (Fsp3) is 0.955. The zero-order valence-corrected chi connectivity index (χ0v) is 38.1. The van der Waals surface area contributed by atoms with Gasteiger partial charge in [-0.1, -0.05) is 90.9 Å². The Morgan fingerprint density at radius 3 is 0.906 bits per heavy atom. The molecule has 4 atom stereocenters. The maximum absolute atomic E-state index is 13.1. The molecular weight excluding hydrogens is 775 g/mol. The summed E-state index contributed by atoms with van der Waals surface area (Å²) in [6.45, 7) is 8.65. The fourth-order valence-electron chi connectivity index (χ4n) is 7.10. The average Bonchev–Trinajstić information content (AvgIpc) is 3.14. The third kappa shape index (κ3) is 31.4. The van der Waals surface area contributed by atoms with E-state index >= 15 is 0 Å². The summed E-state index contributed by atoms with van der Waals surface area (Å²) < 4.78 is 13.9. The van der Waals surface area contributed by atoms with Crippen LogP contribution in [0.15, 0.2) is 0 Å². The first-order valence-corrected chi connectivity index (χ1v) is 29.2. The van der Waals surface area contributed by atoms with Crippen molar-refractivity contribution in [2.45, 2.75) is 266 Å². The quantitative estimate of drug-likeness (QED) is 0.0353. The number of rotatable bonds is 40. The van der Waals surface area contributed by atoms with Crippen LogP contribution in [0.2, 0.25) is 8.87 Å². The van der Waals surface area contributed by atoms with Crippen LogP contribution in [0.3, 0.4) is 0 Å². The molecule has 0 aliphatic carbocycles. The molecule has 0 amide bonds. The molecule has 4 N–H and O–H groups in total. The molecule has 53 heavy (non-hydrogen) atoms. The zero-order chi connectivity index (χ0) is 39.4. The summed E-state index contributed by atoms with van der Waals surface area (Å²) in [5.74, 6) is -0.429. The summed E-state index contributed by atoms with van der Waals surface area (Å²) in [7, 11) is 0. The van der Waals surface area contributed by atoms with Crippen LogP contribution in [0.5, 0.6) is 0 Å². The Morgan fingerprint density at radius 2 is 0.623 bits per heavy atom. The summed E-state index contributed by atoms with van der Waals surface area (Å²) in [6.07, 6.45) is 27.5. The molecule has 316 valence electrons. The van der Waals surface area contributed by atoms with Gasteiger partial charge in [0, 0.05) is 0 Å². The van der Waals surface area contributed by atoms with Crippen LogP contribution >= 0.6 is 0 Å². The van der Waals surface area contributed by atoms with E-state index in [0.717, 1.165) is 124 Å². The number of aliphatic hydroxyl groups excluding tert-OH is 4. The number of carbonyl (C=O) groups is 2. The molecule has 4 unspecified atom stereocenters. The third-order valence-corrected chi connectivity index (χ3v) is 20.6. The van der Waals surface area contributed by atoms with Gasteiger partial charge in [-0.2, -0.15) is 0 Å². The molecule has 0 radical (unpaired) electrons. The minimum atomic E-state index is -3.94. The van der Waals surface area contributed by atoms with Crippen molar-refractivity contribution in [3.63, 3.8) is 0 Å². The van der Waals surface area contributed by atoms with Crippen LogP contribution in [-0.4, -0.2) is 76.0 Å². The predicted molar refractivity (Wildman–Crippen MR) is 222 cm³/mol. The molecule has 0 fully saturated rings. The Labute approximate surface area is 332 Å². The number of aliphatic hydroxyl groups is 4. The van der Waals surface area contributed by atoms with E-state index in [1.807, 2.05) is 0 Å². The smallest absolute Gasteiger partial charge is 0.0654 e. The van der Waals surface area contributed by atoms with Gasteiger partial charge in [-0.05, 0) is 0 Å². The second-order valence-electron chi connectivity index (χ2n) is 16.1. The van der Waals surface area contributed by atoms with Crippen molar-refractivity contribution in [1.82, 2.24) is 0 Å². The van der Waals surface area contributed by atoms with Gasteiger partial charge >= 0.3 is 243 Å². The Bertz CT molecular complexity index is 761. The van der Waals surface area contributed by atoms with Gasteiger partial charge < -0.3 is 0 Å². The molecule has 0 aromatic heterocycles. The van der Waals surface area contributed by atoms with Gasteiger partial charge in [-0.3, -0.25) is 0 Å². The topological polar surface area (TPSA) is 134 Å². The molecule has 8 nitrogen and oxygen atoms in total. The Kier molecular flexibility index (Phi) is 36.9. The molecule has 0 rings (SSSR count). The molecule has 0 saturated heterocycles. The van der Waals surface area contributed by atoms with Gasteiger partial charge in [0.05, 0.1) is 0 Å². The number of hydrogen-bond donors (Lipinski definition) is 4. The first kappa shape index (κ1) is 52.6. The Hall–Kier alpha value is -0.421. The molecule has 0 bridgehead atoms. The van der Waals surface area contributed by atoms with Crippen molar-refractivity contribution >= 4 is 31.1 Å². The van der Waals surface area contributed by atoms with Crippen LogP contribution in [0, 0.1) is 0 Å². The first-order chi connectivity index (χ1) is 25.6. The van der Waals surface area contributed by atoms with Crippen LogP contribution in [0.1, 0.15) is 233 Å². The molecule has 9 heteroatoms. The number of hydrogen-bond acceptors (Lipinski definition) is 8. The van der Waals surface area contributed by atoms with E-state index in [9.17, 15) is 30.0 Å². The van der Waals surface area contributed by atoms with Crippen molar-refractivity contribution < 1.29 is 36.2 Å². The predicted octanol–water partition coefficient (Wildman–Crippen LogP) is 11.5. The average molecular weight is 864 g/mol. The van der Waals surface area contributed by atoms with E-state index in [-0.39, 0.29) is 11.9 Å². The van der Waals surface area contributed by atoms with Gasteiger partial charge in [-0.25, -0.2) is 0 Å². The SMILES string of the molecule is CCCCCCCCC(O)C(O)CCCCCCCC(=O)[O][Sn]([CH2]CCC)([CH2]CCC)[O]C(=O)CCCCCCCC(O)C(O)CCCCCCCC. The summed E-state index contributed by atoms with van der Waals surface area (Å²) in [5.41, 5.74) is 0. The number of unbranched alkanes of at least 4 members (excludes halogenated alkanes) is 20. The van der Waals surface area contributed by atoms with Gasteiger partial charge in [0.1, 0.15) is 0 Å². The first-order valence-electron chi connectivity index (χ1n) is 22.8. The fourth-order valence-corrected chi connectivity index (χ4v) is 17.1. The van der Waals surface area contributed by atoms with Gasteiger partial charge in [0.15, 0.2) is 0 Å². The standard InChI is InChI=1S/2C18H36O4.2C4H9.Sn/c2*1-2-3-4-5-7-10-13-16(19)17(20)14-11-8-6-9-12-15-18(21)22;2*1-3-4-2;/h2*16-17,19-20H,2-15H2,1H3,(H,21,22);2*1,3-4H2,2H3;/q;;;;+2/p-2. The molecule has 0 saturated carbocycles. The van der Waals surface area contributed by atoms with Crippen molar-refractivity contribution in [3.8, 4) is 0 Å². The third-order valence-electron chi connectivity index (χ3n) is 10.8. The summed E-state index contributed by atoms with van der Waals surface area (Å²) in [6, 6.07) is 0. The van der Waals surface area contributed by atoms with Crippen LogP contribution in [-0.2, 0) is 15.7 Å². The van der Waals surface area contributed by atoms with E-state index in [1.165, 1.54) is 51.4 Å². The molecule has 0 aliphatic rings. The maximum atomic E-state index is 13.1. The van der Waals surface area contributed by atoms with Crippen LogP contribution < -0.4 is 0 Å². The molecule has 0 spiro atoms. The van der Waals surface area contributed by atoms with E-state index in [2.05, 4.69) is 27.7 Å². The second kappa shape index (κ2) is 37.2. The molecule has 0 heterocycles. The summed E-state index contributed by atoms with van der Waals surface area (Å²) in [5, 5.41) is 41.2. The molecular formula is C44H88O8Sn. The van der Waals surface area contributed by atoms with Crippen LogP contribution in [0.25, 0.3) is 0 Å². The molecule has 0 aromatic carbocycles. The van der Waals surface area contributed by atoms with Crippen molar-refractivity contribution in [2.24, 2.45) is 0 Å². The zero-order valence-electron chi connectivity index (χ0n) is 35.3. The normalized spacial score (nSPS) is 14.2. The Morgan fingerprint density at radius 1 is 0.377 bits per heavy atom. The molecule has 0 aromatic rings. The van der Waals surface area contributed by atoms with Crippen molar-refractivity contribution in [1.29, 1.82) is 0 Å². The van der Waals surface area contributed by atoms with Crippen LogP contribution in [0.4, 0.5) is 0 Å². The van der Waals surface area contributed by atoms with E-state index < -0.39 is 43.6 Å². The Balaban J connectivity index is 4.43. The van der Waals surface area contributed by atoms with E-state index in [0.29, 0.717) is 38.5 Å². The van der Waals surface area contributed by atoms with Crippen molar-refractivity contribution in [3.05, 3.63) is 0 Å². The monoisotopic (exact) mass is 865 g/mol. The second-order valence-corrected chi connectivity index (χ2v) is 25.3. The minimum Gasteiger partial charge on any atom is -0.0654 e. The van der Waals surface area contributed by atoms with E-state index in [1.54, 1.807) is 0 Å². The minimum absolute atomic E-state index is 0.215. The van der Waals surface area contributed by atoms with Gasteiger partial charge in [-0.15, -0.1) is 0 Å². The van der Waals surface area contributed by atoms with Gasteiger partial charge in [0.2, 0.25) is 0 Å². The summed E-state index contributed by atoms with van der Waals surface area (Å²) in [4.78, 5) is 26.2. The molecule has 0 aliphatic heterocycles. The van der Waals surface area contributed by atoms with E-state index in [4.69, 9.17) is 6.15 Å². The number of carbonyl (C=O) groups excluding carboxylic acids is 2. The van der Waals surface area contributed by atoms with Gasteiger partial charge in [0.25, 0.3) is 0 Å². The summed E-state index contributed by atoms with van der Waals surface area (Å²) >= 11 is -3.94.